The summed E-state index contributed by atoms with van der Waals surface area (Å²) >= 11 is 3.19. The number of carbonyl (C=O) groups is 1. The monoisotopic (exact) mass is 351 g/mol. The van der Waals surface area contributed by atoms with Crippen LogP contribution in [0.2, 0.25) is 0 Å². The van der Waals surface area contributed by atoms with E-state index >= 15 is 0 Å². The minimum Gasteiger partial charge on any atom is -0.466 e. The first-order valence-electron chi connectivity index (χ1n) is 5.81. The van der Waals surface area contributed by atoms with Crippen molar-refractivity contribution in [3.8, 4) is 11.3 Å². The summed E-state index contributed by atoms with van der Waals surface area (Å²) in [5.41, 5.74) is 0.295. The van der Waals surface area contributed by atoms with Gasteiger partial charge in [-0.25, -0.2) is 4.79 Å². The minimum atomic E-state index is -0.512. The summed E-state index contributed by atoms with van der Waals surface area (Å²) in [5.74, 6) is 0.230. The van der Waals surface area contributed by atoms with E-state index in [1.165, 1.54) is 25.3 Å². The Bertz CT molecular complexity index is 720. The van der Waals surface area contributed by atoms with Gasteiger partial charge in [-0.15, -0.1) is 0 Å². The first kappa shape index (κ1) is 15.0. The second-order valence-corrected chi connectivity index (χ2v) is 4.89. The van der Waals surface area contributed by atoms with E-state index in [4.69, 9.17) is 4.42 Å². The summed E-state index contributed by atoms with van der Waals surface area (Å²) in [6, 6.07) is 7.90. The summed E-state index contributed by atoms with van der Waals surface area (Å²) < 4.78 is 10.6. The Morgan fingerprint density at radius 3 is 2.81 bits per heavy atom. The average molecular weight is 352 g/mol. The Hall–Kier alpha value is -2.41. The fourth-order valence-corrected chi connectivity index (χ4v) is 2.02. The second-order valence-electron chi connectivity index (χ2n) is 3.98. The SMILES string of the molecule is COC(=O)/C=C/c1ccc(-c2ccc(Br)cc2[N+](=O)[O-])o1. The molecule has 0 N–H and O–H groups in total. The van der Waals surface area contributed by atoms with E-state index in [2.05, 4.69) is 20.7 Å². The summed E-state index contributed by atoms with van der Waals surface area (Å²) in [6.45, 7) is 0. The van der Waals surface area contributed by atoms with Crippen LogP contribution in [0.4, 0.5) is 5.69 Å². The van der Waals surface area contributed by atoms with Crippen molar-refractivity contribution in [2.45, 2.75) is 0 Å². The van der Waals surface area contributed by atoms with Crippen LogP contribution >= 0.6 is 15.9 Å². The second kappa shape index (κ2) is 6.36. The molecule has 0 saturated heterocycles. The van der Waals surface area contributed by atoms with Crippen molar-refractivity contribution >= 4 is 33.7 Å². The van der Waals surface area contributed by atoms with Crippen LogP contribution in [0.1, 0.15) is 5.76 Å². The van der Waals surface area contributed by atoms with Gasteiger partial charge in [-0.3, -0.25) is 10.1 Å². The predicted octanol–water partition coefficient (Wildman–Crippen LogP) is 3.80. The molecule has 0 aliphatic carbocycles. The Kier molecular flexibility index (Phi) is 4.54. The lowest BCUT2D eigenvalue weighted by atomic mass is 10.1. The predicted molar refractivity (Wildman–Crippen MR) is 79.5 cm³/mol. The van der Waals surface area contributed by atoms with Crippen molar-refractivity contribution in [1.29, 1.82) is 0 Å². The Morgan fingerprint density at radius 1 is 1.38 bits per heavy atom. The lowest BCUT2D eigenvalue weighted by Crippen LogP contribution is -1.92. The number of methoxy groups -OCH3 is 1. The quantitative estimate of drug-likeness (QED) is 0.362. The molecule has 0 aliphatic heterocycles. The highest BCUT2D eigenvalue weighted by Gasteiger charge is 2.18. The Morgan fingerprint density at radius 2 is 2.14 bits per heavy atom. The number of halogens is 1. The fourth-order valence-electron chi connectivity index (χ4n) is 1.67. The third-order valence-electron chi connectivity index (χ3n) is 2.63. The topological polar surface area (TPSA) is 82.6 Å². The van der Waals surface area contributed by atoms with Gasteiger partial charge in [-0.1, -0.05) is 15.9 Å². The first-order valence-corrected chi connectivity index (χ1v) is 6.60. The molecule has 2 rings (SSSR count). The number of nitro groups is 1. The average Bonchev–Trinajstić information content (AvgIpc) is 2.93. The molecule has 1 aromatic heterocycles. The van der Waals surface area contributed by atoms with Crippen LogP contribution in [0.15, 0.2) is 45.3 Å². The van der Waals surface area contributed by atoms with E-state index in [9.17, 15) is 14.9 Å². The smallest absolute Gasteiger partial charge is 0.330 e. The zero-order valence-electron chi connectivity index (χ0n) is 10.9. The highest BCUT2D eigenvalue weighted by Crippen LogP contribution is 2.33. The Balaban J connectivity index is 2.36. The minimum absolute atomic E-state index is 0.0674. The van der Waals surface area contributed by atoms with Gasteiger partial charge in [0.1, 0.15) is 11.5 Å². The largest absolute Gasteiger partial charge is 0.466 e. The lowest BCUT2D eigenvalue weighted by molar-refractivity contribution is -0.384. The molecule has 1 heterocycles. The van der Waals surface area contributed by atoms with Crippen LogP contribution in [-0.4, -0.2) is 18.0 Å². The van der Waals surface area contributed by atoms with Crippen LogP contribution < -0.4 is 0 Å². The number of nitrogens with zero attached hydrogens (tertiary/aromatic N) is 1. The normalized spacial score (nSPS) is 10.8. The first-order chi connectivity index (χ1) is 10.0. The molecule has 0 fully saturated rings. The molecule has 6 nitrogen and oxygen atoms in total. The van der Waals surface area contributed by atoms with Crippen LogP contribution in [-0.2, 0) is 9.53 Å². The van der Waals surface area contributed by atoms with Gasteiger partial charge in [0.05, 0.1) is 17.6 Å². The van der Waals surface area contributed by atoms with Gasteiger partial charge >= 0.3 is 5.97 Å². The van der Waals surface area contributed by atoms with Gasteiger partial charge in [-0.05, 0) is 30.3 Å². The highest BCUT2D eigenvalue weighted by molar-refractivity contribution is 9.10. The number of rotatable bonds is 4. The van der Waals surface area contributed by atoms with Gasteiger partial charge in [0, 0.05) is 16.6 Å². The van der Waals surface area contributed by atoms with E-state index in [0.29, 0.717) is 21.6 Å². The third-order valence-corrected chi connectivity index (χ3v) is 3.13. The van der Waals surface area contributed by atoms with E-state index in [-0.39, 0.29) is 5.69 Å². The molecule has 0 aliphatic rings. The van der Waals surface area contributed by atoms with Crippen molar-refractivity contribution in [3.63, 3.8) is 0 Å². The zero-order valence-corrected chi connectivity index (χ0v) is 12.5. The molecule has 1 aromatic carbocycles. The highest BCUT2D eigenvalue weighted by atomic mass is 79.9. The van der Waals surface area contributed by atoms with Crippen LogP contribution in [0.3, 0.4) is 0 Å². The van der Waals surface area contributed by atoms with E-state index in [0.717, 1.165) is 0 Å². The summed E-state index contributed by atoms with van der Waals surface area (Å²) in [5, 5.41) is 11.1. The number of esters is 1. The molecule has 0 unspecified atom stereocenters. The maximum absolute atomic E-state index is 11.1. The molecular formula is C14H10BrNO5. The Labute approximate surface area is 128 Å². The number of carbonyl (C=O) groups excluding carboxylic acids is 1. The van der Waals surface area contributed by atoms with Crippen molar-refractivity contribution in [3.05, 3.63) is 56.8 Å². The molecule has 0 spiro atoms. The van der Waals surface area contributed by atoms with Gasteiger partial charge in [0.15, 0.2) is 0 Å². The van der Waals surface area contributed by atoms with E-state index < -0.39 is 10.9 Å². The molecule has 0 radical (unpaired) electrons. The van der Waals surface area contributed by atoms with Gasteiger partial charge in [-0.2, -0.15) is 0 Å². The number of nitro benzene ring substituents is 1. The molecule has 0 amide bonds. The molecule has 0 atom stereocenters. The third kappa shape index (κ3) is 3.57. The molecule has 2 aromatic rings. The van der Waals surface area contributed by atoms with Gasteiger partial charge < -0.3 is 9.15 Å². The van der Waals surface area contributed by atoms with Crippen molar-refractivity contribution in [2.75, 3.05) is 7.11 Å². The number of ether oxygens (including phenoxy) is 1. The van der Waals surface area contributed by atoms with Crippen molar-refractivity contribution < 1.29 is 18.9 Å². The number of furan rings is 1. The van der Waals surface area contributed by atoms with Crippen LogP contribution in [0.25, 0.3) is 17.4 Å². The van der Waals surface area contributed by atoms with Crippen molar-refractivity contribution in [1.82, 2.24) is 0 Å². The van der Waals surface area contributed by atoms with Crippen LogP contribution in [0, 0.1) is 10.1 Å². The molecular weight excluding hydrogens is 342 g/mol. The molecule has 7 heteroatoms. The van der Waals surface area contributed by atoms with Gasteiger partial charge in [0.2, 0.25) is 0 Å². The number of hydrogen-bond acceptors (Lipinski definition) is 5. The lowest BCUT2D eigenvalue weighted by Gasteiger charge is -2.00. The summed E-state index contributed by atoms with van der Waals surface area (Å²) in [7, 11) is 1.27. The standard InChI is InChI=1S/C14H10BrNO5/c1-20-14(17)7-4-10-3-6-13(21-10)11-5-2-9(15)8-12(11)16(18)19/h2-8H,1H3/b7-4+. The number of benzene rings is 1. The van der Waals surface area contributed by atoms with E-state index in [1.54, 1.807) is 24.3 Å². The molecule has 108 valence electrons. The maximum atomic E-state index is 11.1. The van der Waals surface area contributed by atoms with Crippen molar-refractivity contribution in [2.24, 2.45) is 0 Å². The summed E-state index contributed by atoms with van der Waals surface area (Å²) in [6.07, 6.45) is 2.64. The summed E-state index contributed by atoms with van der Waals surface area (Å²) in [4.78, 5) is 21.6. The molecule has 21 heavy (non-hydrogen) atoms. The van der Waals surface area contributed by atoms with Gasteiger partial charge in [0.25, 0.3) is 5.69 Å². The fraction of sp³-hybridized carbons (Fsp3) is 0.0714. The van der Waals surface area contributed by atoms with Crippen LogP contribution in [0.5, 0.6) is 0 Å². The maximum Gasteiger partial charge on any atom is 0.330 e. The zero-order chi connectivity index (χ0) is 15.4. The molecule has 0 saturated carbocycles. The molecule has 0 bridgehead atoms. The van der Waals surface area contributed by atoms with E-state index in [1.807, 2.05) is 0 Å². The number of hydrogen-bond donors (Lipinski definition) is 0.